The minimum absolute atomic E-state index is 0.297. The molecule has 1 N–H and O–H groups in total. The molecule has 0 aromatic rings. The molecule has 0 fully saturated rings. The van der Waals surface area contributed by atoms with Crippen LogP contribution in [0.15, 0.2) is 23.9 Å². The molecule has 0 aliphatic rings. The van der Waals surface area contributed by atoms with Gasteiger partial charge in [0.05, 0.1) is 14.2 Å². The Morgan fingerprint density at radius 2 is 1.81 bits per heavy atom. The van der Waals surface area contributed by atoms with Gasteiger partial charge in [-0.2, -0.15) is 0 Å². The normalized spacial score (nSPS) is 15.1. The fraction of sp³-hybridized carbons (Fsp3) is 0.714. The average molecular weight is 240 g/mol. The van der Waals surface area contributed by atoms with Crippen LogP contribution >= 0.6 is 0 Å². The molecular weight excluding hydrogens is 212 g/mol. The van der Waals surface area contributed by atoms with Gasteiger partial charge in [-0.15, -0.1) is 0 Å². The highest BCUT2D eigenvalue weighted by Crippen LogP contribution is 2.05. The Labute approximate surface area is 102 Å². The lowest BCUT2D eigenvalue weighted by molar-refractivity contribution is 0.227. The van der Waals surface area contributed by atoms with E-state index in [1.54, 1.807) is 0 Å². The van der Waals surface area contributed by atoms with Crippen molar-refractivity contribution in [1.82, 2.24) is 0 Å². The van der Waals surface area contributed by atoms with Gasteiger partial charge in [-0.05, 0) is 19.3 Å². The molecule has 2 heteroatoms. The smallest absolute Gasteiger partial charge is 0.0751 e. The number of aliphatic hydroxyl groups is 1. The average Bonchev–Trinajstić information content (AvgIpc) is 2.19. The molecule has 1 nitrogen and oxygen atoms in total. The maximum atomic E-state index is 9.70. The topological polar surface area (TPSA) is 20.2 Å². The lowest BCUT2D eigenvalue weighted by atomic mass is 10.1. The van der Waals surface area contributed by atoms with Crippen molar-refractivity contribution in [3.05, 3.63) is 23.9 Å². The van der Waals surface area contributed by atoms with Crippen LogP contribution in [0.5, 0.6) is 0 Å². The summed E-state index contributed by atoms with van der Waals surface area (Å²) in [7, 11) is -1.15. The molecule has 0 aromatic carbocycles. The molecule has 0 unspecified atom stereocenters. The third-order valence-corrected chi connectivity index (χ3v) is 3.53. The van der Waals surface area contributed by atoms with Crippen LogP contribution in [0.1, 0.15) is 39.0 Å². The van der Waals surface area contributed by atoms with Gasteiger partial charge >= 0.3 is 0 Å². The third kappa shape index (κ3) is 11.7. The Morgan fingerprint density at radius 3 is 2.38 bits per heavy atom. The van der Waals surface area contributed by atoms with Gasteiger partial charge in [0.25, 0.3) is 0 Å². The maximum absolute atomic E-state index is 9.70. The van der Waals surface area contributed by atoms with E-state index in [1.807, 2.05) is 6.08 Å². The van der Waals surface area contributed by atoms with Gasteiger partial charge in [-0.3, -0.25) is 0 Å². The first-order valence-corrected chi connectivity index (χ1v) is 10.1. The van der Waals surface area contributed by atoms with Crippen molar-refractivity contribution in [3.8, 4) is 0 Å². The quantitative estimate of drug-likeness (QED) is 0.381. The summed E-state index contributed by atoms with van der Waals surface area (Å²) in [4.78, 5) is 0. The third-order valence-electron chi connectivity index (χ3n) is 2.34. The van der Waals surface area contributed by atoms with Crippen LogP contribution in [0.2, 0.25) is 19.6 Å². The highest BCUT2D eigenvalue weighted by Gasteiger charge is 2.07. The summed E-state index contributed by atoms with van der Waals surface area (Å²) in [5.41, 5.74) is 2.21. The Kier molecular flexibility index (Phi) is 8.58. The standard InChI is InChI=1S/C14H28OSi/c1-5-6-7-8-9-10-11-14(15)12-13-16(2,3)4/h9-10,12-15H,5-8,11H2,1-4H3/b10-9-,13-12+/t14-/m0/s1. The highest BCUT2D eigenvalue weighted by atomic mass is 28.3. The van der Waals surface area contributed by atoms with Gasteiger partial charge in [-0.25, -0.2) is 0 Å². The summed E-state index contributed by atoms with van der Waals surface area (Å²) in [6.45, 7) is 9.04. The van der Waals surface area contributed by atoms with Crippen LogP contribution in [-0.4, -0.2) is 19.3 Å². The van der Waals surface area contributed by atoms with Crippen molar-refractivity contribution < 1.29 is 5.11 Å². The number of rotatable bonds is 8. The molecule has 16 heavy (non-hydrogen) atoms. The second-order valence-corrected chi connectivity index (χ2v) is 10.6. The summed E-state index contributed by atoms with van der Waals surface area (Å²) in [6.07, 6.45) is 11.7. The number of hydrogen-bond donors (Lipinski definition) is 1. The van der Waals surface area contributed by atoms with E-state index in [9.17, 15) is 5.11 Å². The lowest BCUT2D eigenvalue weighted by Crippen LogP contribution is -2.17. The molecule has 0 aliphatic carbocycles. The van der Waals surface area contributed by atoms with Gasteiger partial charge < -0.3 is 5.11 Å². The number of aliphatic hydroxyl groups excluding tert-OH is 1. The molecule has 0 spiro atoms. The molecule has 94 valence electrons. The predicted molar refractivity (Wildman–Crippen MR) is 76.4 cm³/mol. The second kappa shape index (κ2) is 8.77. The van der Waals surface area contributed by atoms with E-state index in [1.165, 1.54) is 19.3 Å². The van der Waals surface area contributed by atoms with Crippen LogP contribution < -0.4 is 0 Å². The molecule has 0 rings (SSSR count). The zero-order valence-electron chi connectivity index (χ0n) is 11.4. The van der Waals surface area contributed by atoms with Crippen LogP contribution in [0.3, 0.4) is 0 Å². The fourth-order valence-corrected chi connectivity index (χ4v) is 2.14. The second-order valence-electron chi connectivity index (χ2n) is 5.50. The SMILES string of the molecule is CCCCC/C=C\C[C@H](O)/C=C/[Si](C)(C)C. The monoisotopic (exact) mass is 240 g/mol. The molecule has 1 atom stereocenters. The first kappa shape index (κ1) is 15.7. The maximum Gasteiger partial charge on any atom is 0.0751 e. The van der Waals surface area contributed by atoms with Crippen LogP contribution in [0, 0.1) is 0 Å². The van der Waals surface area contributed by atoms with Crippen molar-refractivity contribution in [2.45, 2.75) is 64.8 Å². The number of unbranched alkanes of at least 4 members (excludes halogenated alkanes) is 3. The summed E-state index contributed by atoms with van der Waals surface area (Å²) in [5.74, 6) is 0. The summed E-state index contributed by atoms with van der Waals surface area (Å²) >= 11 is 0. The predicted octanol–water partition coefficient (Wildman–Crippen LogP) is 4.31. The largest absolute Gasteiger partial charge is 0.389 e. The molecule has 0 radical (unpaired) electrons. The fourth-order valence-electron chi connectivity index (χ4n) is 1.34. The summed E-state index contributed by atoms with van der Waals surface area (Å²) in [5, 5.41) is 9.70. The van der Waals surface area contributed by atoms with Gasteiger partial charge in [-0.1, -0.05) is 63.3 Å². The van der Waals surface area contributed by atoms with Crippen molar-refractivity contribution >= 4 is 8.07 Å². The Balaban J connectivity index is 3.64. The first-order chi connectivity index (χ1) is 7.45. The van der Waals surface area contributed by atoms with Crippen molar-refractivity contribution in [2.24, 2.45) is 0 Å². The zero-order chi connectivity index (χ0) is 12.4. The number of allylic oxidation sites excluding steroid dienone is 1. The van der Waals surface area contributed by atoms with Crippen molar-refractivity contribution in [3.63, 3.8) is 0 Å². The van der Waals surface area contributed by atoms with E-state index in [2.05, 4.69) is 44.4 Å². The van der Waals surface area contributed by atoms with Crippen LogP contribution in [-0.2, 0) is 0 Å². The Morgan fingerprint density at radius 1 is 1.12 bits per heavy atom. The van der Waals surface area contributed by atoms with E-state index >= 15 is 0 Å². The lowest BCUT2D eigenvalue weighted by Gasteiger charge is -2.09. The zero-order valence-corrected chi connectivity index (χ0v) is 12.4. The molecule has 0 bridgehead atoms. The van der Waals surface area contributed by atoms with E-state index < -0.39 is 8.07 Å². The minimum Gasteiger partial charge on any atom is -0.389 e. The Bertz CT molecular complexity index is 213. The molecule has 0 saturated heterocycles. The van der Waals surface area contributed by atoms with Crippen LogP contribution in [0.25, 0.3) is 0 Å². The van der Waals surface area contributed by atoms with Gasteiger partial charge in [0.2, 0.25) is 0 Å². The van der Waals surface area contributed by atoms with Crippen LogP contribution in [0.4, 0.5) is 0 Å². The first-order valence-electron chi connectivity index (χ1n) is 6.48. The number of hydrogen-bond acceptors (Lipinski definition) is 1. The summed E-state index contributed by atoms with van der Waals surface area (Å²) < 4.78 is 0. The molecule has 0 aliphatic heterocycles. The highest BCUT2D eigenvalue weighted by molar-refractivity contribution is 6.80. The molecular formula is C14H28OSi. The van der Waals surface area contributed by atoms with Gasteiger partial charge in [0.1, 0.15) is 0 Å². The molecule has 0 heterocycles. The summed E-state index contributed by atoms with van der Waals surface area (Å²) in [6, 6.07) is 0. The van der Waals surface area contributed by atoms with Crippen molar-refractivity contribution in [1.29, 1.82) is 0 Å². The van der Waals surface area contributed by atoms with Gasteiger partial charge in [0, 0.05) is 0 Å². The van der Waals surface area contributed by atoms with E-state index in [0.29, 0.717) is 0 Å². The minimum atomic E-state index is -1.15. The van der Waals surface area contributed by atoms with E-state index in [0.717, 1.165) is 12.8 Å². The van der Waals surface area contributed by atoms with E-state index in [-0.39, 0.29) is 6.10 Å². The van der Waals surface area contributed by atoms with Crippen molar-refractivity contribution in [2.75, 3.05) is 0 Å². The van der Waals surface area contributed by atoms with E-state index in [4.69, 9.17) is 0 Å². The molecule has 0 amide bonds. The Hall–Kier alpha value is -0.343. The van der Waals surface area contributed by atoms with Gasteiger partial charge in [0.15, 0.2) is 0 Å². The molecule has 0 aromatic heterocycles. The molecule has 0 saturated carbocycles.